The van der Waals surface area contributed by atoms with Crippen LogP contribution in [0.2, 0.25) is 0 Å². The van der Waals surface area contributed by atoms with Crippen molar-refractivity contribution >= 4 is 45.1 Å². The van der Waals surface area contributed by atoms with Crippen LogP contribution < -0.4 is 19.5 Å². The molecule has 0 unspecified atom stereocenters. The highest BCUT2D eigenvalue weighted by Gasteiger charge is 2.17. The average molecular weight is 559 g/mol. The second-order valence-corrected chi connectivity index (χ2v) is 7.98. The molecule has 2 heterocycles. The lowest BCUT2D eigenvalue weighted by atomic mass is 10.2. The third-order valence-corrected chi connectivity index (χ3v) is 5.50. The zero-order chi connectivity index (χ0) is 23.4. The van der Waals surface area contributed by atoms with Crippen molar-refractivity contribution in [2.45, 2.75) is 6.92 Å². The van der Waals surface area contributed by atoms with E-state index in [1.54, 1.807) is 30.5 Å². The molecule has 0 saturated carbocycles. The fourth-order valence-corrected chi connectivity index (χ4v) is 3.92. The van der Waals surface area contributed by atoms with E-state index in [2.05, 4.69) is 15.3 Å². The minimum atomic E-state index is -0.619. The van der Waals surface area contributed by atoms with Gasteiger partial charge < -0.3 is 19.5 Å². The van der Waals surface area contributed by atoms with Crippen LogP contribution in [0.1, 0.15) is 17.3 Å². The maximum absolute atomic E-state index is 15.0. The minimum Gasteiger partial charge on any atom is -0.496 e. The molecule has 4 rings (SSSR count). The number of methoxy groups -OCH3 is 1. The number of anilines is 1. The molecule has 1 amide bonds. The molecular formula is C24H19FIN3O4. The summed E-state index contributed by atoms with van der Waals surface area (Å²) in [7, 11) is 1.46. The molecule has 0 atom stereocenters. The first kappa shape index (κ1) is 22.7. The van der Waals surface area contributed by atoms with Gasteiger partial charge in [-0.05, 0) is 59.8 Å². The molecule has 1 N–H and O–H groups in total. The fraction of sp³-hybridized carbons (Fsp3) is 0.125. The van der Waals surface area contributed by atoms with Gasteiger partial charge in [-0.3, -0.25) is 14.8 Å². The van der Waals surface area contributed by atoms with E-state index in [0.717, 1.165) is 5.39 Å². The summed E-state index contributed by atoms with van der Waals surface area (Å²) >= 11 is 1.97. The molecule has 0 saturated heterocycles. The van der Waals surface area contributed by atoms with Gasteiger partial charge in [-0.1, -0.05) is 0 Å². The van der Waals surface area contributed by atoms with Crippen LogP contribution in [-0.4, -0.2) is 29.6 Å². The number of benzene rings is 2. The Balaban J connectivity index is 1.60. The highest BCUT2D eigenvalue weighted by Crippen LogP contribution is 2.36. The van der Waals surface area contributed by atoms with Crippen molar-refractivity contribution in [1.29, 1.82) is 0 Å². The van der Waals surface area contributed by atoms with Crippen LogP contribution >= 0.6 is 22.6 Å². The molecule has 2 aromatic heterocycles. The number of amides is 1. The Kier molecular flexibility index (Phi) is 6.87. The number of pyridine rings is 2. The van der Waals surface area contributed by atoms with E-state index in [-0.39, 0.29) is 17.0 Å². The number of carbonyl (C=O) groups is 1. The van der Waals surface area contributed by atoms with Gasteiger partial charge in [0.25, 0.3) is 5.91 Å². The van der Waals surface area contributed by atoms with E-state index >= 15 is 4.39 Å². The summed E-state index contributed by atoms with van der Waals surface area (Å²) in [5.74, 6) is 0.487. The highest BCUT2D eigenvalue weighted by atomic mass is 127. The van der Waals surface area contributed by atoms with Crippen molar-refractivity contribution < 1.29 is 23.4 Å². The molecule has 0 aliphatic rings. The zero-order valence-corrected chi connectivity index (χ0v) is 19.9. The molecule has 168 valence electrons. The van der Waals surface area contributed by atoms with Crippen LogP contribution in [0.15, 0.2) is 61.1 Å². The van der Waals surface area contributed by atoms with Crippen molar-refractivity contribution in [1.82, 2.24) is 9.97 Å². The number of hydrogen-bond donors (Lipinski definition) is 1. The van der Waals surface area contributed by atoms with Crippen LogP contribution in [0, 0.1) is 9.39 Å². The molecule has 2 aromatic carbocycles. The second kappa shape index (κ2) is 9.99. The number of nitrogens with one attached hydrogen (secondary N) is 1. The molecule has 0 aliphatic heterocycles. The largest absolute Gasteiger partial charge is 0.496 e. The van der Waals surface area contributed by atoms with Crippen LogP contribution in [-0.2, 0) is 0 Å². The van der Waals surface area contributed by atoms with Gasteiger partial charge in [0.05, 0.1) is 28.4 Å². The Hall–Kier alpha value is -3.47. The Bertz CT molecular complexity index is 1310. The lowest BCUT2D eigenvalue weighted by molar-refractivity contribution is 0.102. The summed E-state index contributed by atoms with van der Waals surface area (Å²) in [6.07, 6.45) is 4.50. The number of hydrogen-bond acceptors (Lipinski definition) is 6. The van der Waals surface area contributed by atoms with Crippen molar-refractivity contribution in [2.75, 3.05) is 19.0 Å². The summed E-state index contributed by atoms with van der Waals surface area (Å²) in [4.78, 5) is 20.9. The van der Waals surface area contributed by atoms with E-state index in [0.29, 0.717) is 32.9 Å². The maximum atomic E-state index is 15.0. The Morgan fingerprint density at radius 3 is 2.70 bits per heavy atom. The lowest BCUT2D eigenvalue weighted by Crippen LogP contribution is -2.14. The number of rotatable bonds is 7. The predicted octanol–water partition coefficient (Wildman–Crippen LogP) is 5.83. The van der Waals surface area contributed by atoms with Crippen LogP contribution in [0.5, 0.6) is 23.0 Å². The Morgan fingerprint density at radius 1 is 1.12 bits per heavy atom. The molecular weight excluding hydrogens is 540 g/mol. The molecule has 4 aromatic rings. The first-order chi connectivity index (χ1) is 16.0. The number of halogens is 2. The SMILES string of the molecule is CCOc1ccc2c(Oc3c(F)cc(NC(=O)c4cnccc4OC)cc3I)ccnc2c1. The molecule has 0 spiro atoms. The van der Waals surface area contributed by atoms with Gasteiger partial charge in [0.15, 0.2) is 11.6 Å². The fourth-order valence-electron chi connectivity index (χ4n) is 3.22. The van der Waals surface area contributed by atoms with E-state index in [1.807, 2.05) is 41.6 Å². The monoisotopic (exact) mass is 559 g/mol. The van der Waals surface area contributed by atoms with E-state index < -0.39 is 11.7 Å². The average Bonchev–Trinajstić information content (AvgIpc) is 2.81. The number of ether oxygens (including phenoxy) is 3. The molecule has 9 heteroatoms. The number of aromatic nitrogens is 2. The van der Waals surface area contributed by atoms with Crippen molar-refractivity contribution in [3.05, 3.63) is 76.0 Å². The molecule has 0 fully saturated rings. The van der Waals surface area contributed by atoms with Gasteiger partial charge >= 0.3 is 0 Å². The smallest absolute Gasteiger partial charge is 0.261 e. The van der Waals surface area contributed by atoms with Crippen LogP contribution in [0.25, 0.3) is 10.9 Å². The third-order valence-electron chi connectivity index (χ3n) is 4.70. The molecule has 7 nitrogen and oxygen atoms in total. The molecule has 0 bridgehead atoms. The van der Waals surface area contributed by atoms with Gasteiger partial charge in [-0.15, -0.1) is 0 Å². The summed E-state index contributed by atoms with van der Waals surface area (Å²) in [5.41, 5.74) is 1.19. The van der Waals surface area contributed by atoms with E-state index in [9.17, 15) is 4.79 Å². The van der Waals surface area contributed by atoms with Gasteiger partial charge in [-0.25, -0.2) is 4.39 Å². The standard InChI is InChI=1S/C24H19FIN3O4/c1-3-32-15-4-5-16-20(12-15)28-9-7-22(16)33-23-18(25)10-14(11-19(23)26)29-24(30)17-13-27-8-6-21(17)31-2/h4-13H,3H2,1-2H3,(H,29,30). The summed E-state index contributed by atoms with van der Waals surface area (Å²) < 4.78 is 32.1. The Labute approximate surface area is 203 Å². The van der Waals surface area contributed by atoms with Crippen LogP contribution in [0.3, 0.4) is 0 Å². The summed E-state index contributed by atoms with van der Waals surface area (Å²) in [6, 6.07) is 11.5. The number of nitrogens with zero attached hydrogens (tertiary/aromatic N) is 2. The molecule has 33 heavy (non-hydrogen) atoms. The van der Waals surface area contributed by atoms with Gasteiger partial charge in [0.1, 0.15) is 17.2 Å². The van der Waals surface area contributed by atoms with Crippen LogP contribution in [0.4, 0.5) is 10.1 Å². The molecule has 0 radical (unpaired) electrons. The zero-order valence-electron chi connectivity index (χ0n) is 17.8. The summed E-state index contributed by atoms with van der Waals surface area (Å²) in [6.45, 7) is 2.45. The predicted molar refractivity (Wildman–Crippen MR) is 131 cm³/mol. The first-order valence-corrected chi connectivity index (χ1v) is 11.1. The summed E-state index contributed by atoms with van der Waals surface area (Å²) in [5, 5.41) is 3.39. The molecule has 0 aliphatic carbocycles. The number of carbonyl (C=O) groups excluding carboxylic acids is 1. The van der Waals surface area contributed by atoms with Crippen molar-refractivity contribution in [3.8, 4) is 23.0 Å². The third kappa shape index (κ3) is 4.98. The number of fused-ring (bicyclic) bond motifs is 1. The topological polar surface area (TPSA) is 82.6 Å². The highest BCUT2D eigenvalue weighted by molar-refractivity contribution is 14.1. The minimum absolute atomic E-state index is 0.0499. The van der Waals surface area contributed by atoms with Gasteiger partial charge in [-0.2, -0.15) is 0 Å². The van der Waals surface area contributed by atoms with E-state index in [4.69, 9.17) is 14.2 Å². The second-order valence-electron chi connectivity index (χ2n) is 6.82. The normalized spacial score (nSPS) is 10.7. The Morgan fingerprint density at radius 2 is 1.94 bits per heavy atom. The van der Waals surface area contributed by atoms with Crippen molar-refractivity contribution in [2.24, 2.45) is 0 Å². The van der Waals surface area contributed by atoms with Crippen molar-refractivity contribution in [3.63, 3.8) is 0 Å². The maximum Gasteiger partial charge on any atom is 0.261 e. The quantitative estimate of drug-likeness (QED) is 0.287. The first-order valence-electron chi connectivity index (χ1n) is 9.98. The lowest BCUT2D eigenvalue weighted by Gasteiger charge is -2.14. The van der Waals surface area contributed by atoms with E-state index in [1.165, 1.54) is 25.6 Å². The van der Waals surface area contributed by atoms with Gasteiger partial charge in [0, 0.05) is 41.8 Å². The van der Waals surface area contributed by atoms with Gasteiger partial charge in [0.2, 0.25) is 0 Å².